The van der Waals surface area contributed by atoms with Gasteiger partial charge < -0.3 is 10.6 Å². The van der Waals surface area contributed by atoms with Crippen molar-refractivity contribution < 1.29 is 9.59 Å². The minimum atomic E-state index is -0.0307. The smallest absolute Gasteiger partial charge is 0.251 e. The highest BCUT2D eigenvalue weighted by atomic mass is 16.2. The first kappa shape index (κ1) is 33.4. The fourth-order valence-corrected chi connectivity index (χ4v) is 5.84. The number of rotatable bonds is 23. The summed E-state index contributed by atoms with van der Waals surface area (Å²) in [7, 11) is 0. The van der Waals surface area contributed by atoms with Gasteiger partial charge in [-0.3, -0.25) is 9.59 Å². The molecule has 4 nitrogen and oxygen atoms in total. The van der Waals surface area contributed by atoms with Crippen LogP contribution < -0.4 is 10.6 Å². The average Bonchev–Trinajstić information content (AvgIpc) is 2.95. The van der Waals surface area contributed by atoms with Crippen molar-refractivity contribution in [3.8, 4) is 0 Å². The predicted molar refractivity (Wildman–Crippen MR) is 167 cm³/mol. The Morgan fingerprint density at radius 2 is 1.15 bits per heavy atom. The van der Waals surface area contributed by atoms with Gasteiger partial charge in [0.25, 0.3) is 5.91 Å². The van der Waals surface area contributed by atoms with Crippen LogP contribution in [0.3, 0.4) is 0 Å². The number of nitrogens with one attached hydrogen (secondary N) is 2. The van der Waals surface area contributed by atoms with Crippen LogP contribution in [0, 0.1) is 0 Å². The fraction of sp³-hybridized carbons (Fsp3) is 0.771. The molecule has 1 aromatic rings. The Labute approximate surface area is 240 Å². The molecular formula is C35H60N2O2. The summed E-state index contributed by atoms with van der Waals surface area (Å²) in [6.45, 7) is 2.29. The third-order valence-electron chi connectivity index (χ3n) is 8.36. The number of amides is 2. The molecule has 0 heterocycles. The fourth-order valence-electron chi connectivity index (χ4n) is 5.84. The van der Waals surface area contributed by atoms with Crippen LogP contribution >= 0.6 is 0 Å². The molecule has 0 atom stereocenters. The maximum atomic E-state index is 12.6. The number of carbonyl (C=O) groups excluding carboxylic acids is 2. The average molecular weight is 541 g/mol. The predicted octanol–water partition coefficient (Wildman–Crippen LogP) is 10.5. The number of anilines is 1. The number of hydrogen-bond acceptors (Lipinski definition) is 2. The van der Waals surface area contributed by atoms with Gasteiger partial charge in [-0.25, -0.2) is 0 Å². The molecule has 0 spiro atoms. The summed E-state index contributed by atoms with van der Waals surface area (Å²) in [6.07, 6.45) is 32.1. The number of hydrogen-bond donors (Lipinski definition) is 2. The van der Waals surface area contributed by atoms with Gasteiger partial charge in [0.05, 0.1) is 0 Å². The largest absolute Gasteiger partial charge is 0.349 e. The molecule has 1 aliphatic rings. The number of carbonyl (C=O) groups is 2. The molecule has 1 aromatic carbocycles. The molecule has 222 valence electrons. The van der Waals surface area contributed by atoms with Crippen LogP contribution in [0.4, 0.5) is 5.69 Å². The summed E-state index contributed by atoms with van der Waals surface area (Å²) in [5, 5.41) is 6.13. The van der Waals surface area contributed by atoms with Gasteiger partial charge in [-0.2, -0.15) is 0 Å². The number of benzene rings is 1. The summed E-state index contributed by atoms with van der Waals surface area (Å²) >= 11 is 0. The topological polar surface area (TPSA) is 58.2 Å². The molecule has 0 unspecified atom stereocenters. The van der Waals surface area contributed by atoms with E-state index >= 15 is 0 Å². The van der Waals surface area contributed by atoms with Crippen molar-refractivity contribution in [1.29, 1.82) is 0 Å². The summed E-state index contributed by atoms with van der Waals surface area (Å²) < 4.78 is 0. The Morgan fingerprint density at radius 1 is 0.667 bits per heavy atom. The lowest BCUT2D eigenvalue weighted by Crippen LogP contribution is -2.36. The molecule has 0 aliphatic heterocycles. The third-order valence-corrected chi connectivity index (χ3v) is 8.36. The molecule has 1 fully saturated rings. The van der Waals surface area contributed by atoms with E-state index in [4.69, 9.17) is 0 Å². The number of unbranched alkanes of at least 4 members (excludes halogenated alkanes) is 18. The molecule has 2 rings (SSSR count). The molecule has 2 amide bonds. The first-order chi connectivity index (χ1) is 19.2. The van der Waals surface area contributed by atoms with Gasteiger partial charge in [0.1, 0.15) is 0 Å². The SMILES string of the molecule is CCCCCCCCCCCCCCCCCCCCCC(=O)Nc1cccc(C(=O)NC2CCCCC2)c1. The first-order valence-corrected chi connectivity index (χ1v) is 16.9. The zero-order chi connectivity index (χ0) is 27.8. The van der Waals surface area contributed by atoms with E-state index < -0.39 is 0 Å². The summed E-state index contributed by atoms with van der Waals surface area (Å²) in [6, 6.07) is 7.63. The molecule has 2 N–H and O–H groups in total. The minimum absolute atomic E-state index is 0.0307. The molecule has 0 aromatic heterocycles. The van der Waals surface area contributed by atoms with E-state index in [9.17, 15) is 9.59 Å². The second kappa shape index (κ2) is 22.9. The highest BCUT2D eigenvalue weighted by Crippen LogP contribution is 2.19. The lowest BCUT2D eigenvalue weighted by atomic mass is 9.95. The molecule has 0 radical (unpaired) electrons. The summed E-state index contributed by atoms with van der Waals surface area (Å²) in [4.78, 5) is 25.0. The van der Waals surface area contributed by atoms with Crippen molar-refractivity contribution in [2.45, 2.75) is 173 Å². The molecule has 39 heavy (non-hydrogen) atoms. The third kappa shape index (κ3) is 17.5. The van der Waals surface area contributed by atoms with Crippen LogP contribution in [-0.4, -0.2) is 17.9 Å². The van der Waals surface area contributed by atoms with Crippen molar-refractivity contribution in [2.24, 2.45) is 0 Å². The van der Waals surface area contributed by atoms with Gasteiger partial charge in [0.15, 0.2) is 0 Å². The summed E-state index contributed by atoms with van der Waals surface area (Å²) in [5.41, 5.74) is 1.34. The maximum Gasteiger partial charge on any atom is 0.251 e. The first-order valence-electron chi connectivity index (χ1n) is 16.9. The van der Waals surface area contributed by atoms with Crippen LogP contribution in [0.25, 0.3) is 0 Å². The quantitative estimate of drug-likeness (QED) is 0.136. The van der Waals surface area contributed by atoms with E-state index in [2.05, 4.69) is 17.6 Å². The second-order valence-electron chi connectivity index (χ2n) is 12.1. The molecule has 4 heteroatoms. The van der Waals surface area contributed by atoms with E-state index in [-0.39, 0.29) is 11.8 Å². The Balaban J connectivity index is 1.38. The van der Waals surface area contributed by atoms with Crippen LogP contribution in [0.1, 0.15) is 178 Å². The zero-order valence-corrected chi connectivity index (χ0v) is 25.4. The van der Waals surface area contributed by atoms with Gasteiger partial charge in [0.2, 0.25) is 5.91 Å². The van der Waals surface area contributed by atoms with Crippen molar-refractivity contribution in [2.75, 3.05) is 5.32 Å². The van der Waals surface area contributed by atoms with E-state index in [0.717, 1.165) is 25.7 Å². The second-order valence-corrected chi connectivity index (χ2v) is 12.1. The van der Waals surface area contributed by atoms with Crippen molar-refractivity contribution in [1.82, 2.24) is 5.32 Å². The molecule has 1 saturated carbocycles. The Hall–Kier alpha value is -1.84. The van der Waals surface area contributed by atoms with Gasteiger partial charge in [-0.15, -0.1) is 0 Å². The van der Waals surface area contributed by atoms with Crippen molar-refractivity contribution >= 4 is 17.5 Å². The zero-order valence-electron chi connectivity index (χ0n) is 25.4. The van der Waals surface area contributed by atoms with Crippen LogP contribution in [-0.2, 0) is 4.79 Å². The van der Waals surface area contributed by atoms with Gasteiger partial charge in [-0.1, -0.05) is 148 Å². The highest BCUT2D eigenvalue weighted by Gasteiger charge is 2.17. The monoisotopic (exact) mass is 540 g/mol. The normalized spacial score (nSPS) is 13.9. The van der Waals surface area contributed by atoms with E-state index in [1.807, 2.05) is 18.2 Å². The Morgan fingerprint density at radius 3 is 1.67 bits per heavy atom. The molecule has 0 bridgehead atoms. The lowest BCUT2D eigenvalue weighted by Gasteiger charge is -2.22. The van der Waals surface area contributed by atoms with E-state index in [0.29, 0.717) is 23.7 Å². The molecule has 1 aliphatic carbocycles. The van der Waals surface area contributed by atoms with Gasteiger partial charge >= 0.3 is 0 Å². The standard InChI is InChI=1S/C35H60N2O2/c1-2-3-4-5-6-7-8-9-10-11-12-13-14-15-16-17-18-19-23-29-34(38)36-33-28-24-25-31(30-33)35(39)37-32-26-21-20-22-27-32/h24-25,28,30,32H,2-23,26-27,29H2,1H3,(H,36,38)(H,37,39). The van der Waals surface area contributed by atoms with Crippen LogP contribution in [0.2, 0.25) is 0 Å². The molecular weight excluding hydrogens is 480 g/mol. The van der Waals surface area contributed by atoms with Crippen LogP contribution in [0.15, 0.2) is 24.3 Å². The molecule has 0 saturated heterocycles. The minimum Gasteiger partial charge on any atom is -0.349 e. The van der Waals surface area contributed by atoms with Crippen molar-refractivity contribution in [3.63, 3.8) is 0 Å². The van der Waals surface area contributed by atoms with Gasteiger partial charge in [0, 0.05) is 23.7 Å². The van der Waals surface area contributed by atoms with Crippen molar-refractivity contribution in [3.05, 3.63) is 29.8 Å². The van der Waals surface area contributed by atoms with Gasteiger partial charge in [-0.05, 0) is 37.5 Å². The van der Waals surface area contributed by atoms with E-state index in [1.54, 1.807) is 6.07 Å². The maximum absolute atomic E-state index is 12.6. The lowest BCUT2D eigenvalue weighted by molar-refractivity contribution is -0.116. The summed E-state index contributed by atoms with van der Waals surface area (Å²) in [5.74, 6) is 0.0172. The Kier molecular flexibility index (Phi) is 19.6. The van der Waals surface area contributed by atoms with E-state index in [1.165, 1.54) is 128 Å². The highest BCUT2D eigenvalue weighted by molar-refractivity contribution is 5.97. The van der Waals surface area contributed by atoms with Crippen LogP contribution in [0.5, 0.6) is 0 Å². The Bertz CT molecular complexity index is 757.